The minimum atomic E-state index is 0.681. The van der Waals surface area contributed by atoms with E-state index >= 15 is 0 Å². The molecule has 0 aliphatic carbocycles. The van der Waals surface area contributed by atoms with Gasteiger partial charge in [-0.25, -0.2) is 9.97 Å². The van der Waals surface area contributed by atoms with Crippen molar-refractivity contribution >= 4 is 33.4 Å². The Balaban J connectivity index is 1.53. The SMILES string of the molecule is Cc1ccncc1-c1cnc2n[nH]c(-c3cc4c(-c5ccsc5)ccnc4[nH]3)c2c1. The third kappa shape index (κ3) is 2.63. The van der Waals surface area contributed by atoms with Crippen LogP contribution < -0.4 is 0 Å². The molecule has 0 spiro atoms. The molecule has 2 N–H and O–H groups in total. The average Bonchev–Trinajstić information content (AvgIpc) is 3.51. The maximum absolute atomic E-state index is 4.56. The number of thiophene rings is 1. The molecule has 0 unspecified atom stereocenters. The largest absolute Gasteiger partial charge is 0.338 e. The highest BCUT2D eigenvalue weighted by Crippen LogP contribution is 2.34. The van der Waals surface area contributed by atoms with Gasteiger partial charge in [0.1, 0.15) is 5.65 Å². The van der Waals surface area contributed by atoms with Crippen LogP contribution in [-0.2, 0) is 0 Å². The molecule has 0 aromatic carbocycles. The zero-order valence-electron chi connectivity index (χ0n) is 16.0. The van der Waals surface area contributed by atoms with Crippen LogP contribution in [0.15, 0.2) is 65.9 Å². The molecule has 0 bridgehead atoms. The molecule has 7 heteroatoms. The minimum Gasteiger partial charge on any atom is -0.338 e. The van der Waals surface area contributed by atoms with E-state index in [9.17, 15) is 0 Å². The molecule has 0 saturated heterocycles. The summed E-state index contributed by atoms with van der Waals surface area (Å²) in [6.07, 6.45) is 7.36. The summed E-state index contributed by atoms with van der Waals surface area (Å²) in [5, 5.41) is 13.8. The first-order valence-corrected chi connectivity index (χ1v) is 10.5. The Morgan fingerprint density at radius 2 is 1.87 bits per heavy atom. The van der Waals surface area contributed by atoms with Crippen molar-refractivity contribution in [3.63, 3.8) is 0 Å². The van der Waals surface area contributed by atoms with E-state index in [4.69, 9.17) is 0 Å². The molecule has 6 heterocycles. The smallest absolute Gasteiger partial charge is 0.181 e. The number of aryl methyl sites for hydroxylation is 1. The Morgan fingerprint density at radius 1 is 0.900 bits per heavy atom. The molecule has 0 fully saturated rings. The zero-order chi connectivity index (χ0) is 20.1. The number of fused-ring (bicyclic) bond motifs is 2. The molecular weight excluding hydrogens is 392 g/mol. The van der Waals surface area contributed by atoms with Gasteiger partial charge in [0.2, 0.25) is 0 Å². The van der Waals surface area contributed by atoms with Crippen molar-refractivity contribution in [3.05, 3.63) is 71.4 Å². The lowest BCUT2D eigenvalue weighted by atomic mass is 10.0. The fourth-order valence-electron chi connectivity index (χ4n) is 3.85. The topological polar surface area (TPSA) is 83.1 Å². The van der Waals surface area contributed by atoms with Crippen LogP contribution in [-0.4, -0.2) is 30.1 Å². The van der Waals surface area contributed by atoms with Gasteiger partial charge < -0.3 is 4.98 Å². The van der Waals surface area contributed by atoms with Gasteiger partial charge in [-0.1, -0.05) is 0 Å². The lowest BCUT2D eigenvalue weighted by Gasteiger charge is -2.04. The second-order valence-electron chi connectivity index (χ2n) is 7.20. The normalized spacial score (nSPS) is 11.5. The van der Waals surface area contributed by atoms with E-state index in [1.807, 2.05) is 24.7 Å². The van der Waals surface area contributed by atoms with Gasteiger partial charge >= 0.3 is 0 Å². The molecule has 6 rings (SSSR count). The molecule has 6 nitrogen and oxygen atoms in total. The first-order chi connectivity index (χ1) is 14.8. The minimum absolute atomic E-state index is 0.681. The first kappa shape index (κ1) is 17.1. The maximum Gasteiger partial charge on any atom is 0.181 e. The number of hydrogen-bond donors (Lipinski definition) is 2. The van der Waals surface area contributed by atoms with Gasteiger partial charge in [-0.15, -0.1) is 0 Å². The van der Waals surface area contributed by atoms with Gasteiger partial charge in [-0.2, -0.15) is 16.4 Å². The Kier molecular flexibility index (Phi) is 3.75. The van der Waals surface area contributed by atoms with Gasteiger partial charge in [0, 0.05) is 46.7 Å². The molecule has 30 heavy (non-hydrogen) atoms. The summed E-state index contributed by atoms with van der Waals surface area (Å²) in [5.41, 5.74) is 8.97. The highest BCUT2D eigenvalue weighted by molar-refractivity contribution is 7.08. The van der Waals surface area contributed by atoms with Gasteiger partial charge in [0.15, 0.2) is 5.65 Å². The van der Waals surface area contributed by atoms with E-state index in [2.05, 4.69) is 72.1 Å². The van der Waals surface area contributed by atoms with Crippen LogP contribution in [0.1, 0.15) is 5.56 Å². The van der Waals surface area contributed by atoms with Crippen LogP contribution in [0, 0.1) is 6.92 Å². The number of hydrogen-bond acceptors (Lipinski definition) is 5. The van der Waals surface area contributed by atoms with Crippen molar-refractivity contribution < 1.29 is 0 Å². The van der Waals surface area contributed by atoms with Crippen molar-refractivity contribution in [2.24, 2.45) is 0 Å². The van der Waals surface area contributed by atoms with E-state index in [0.29, 0.717) is 5.65 Å². The molecule has 6 aromatic heterocycles. The molecule has 0 atom stereocenters. The fraction of sp³-hybridized carbons (Fsp3) is 0.0435. The molecule has 0 saturated carbocycles. The zero-order valence-corrected chi connectivity index (χ0v) is 16.9. The number of rotatable bonds is 3. The molecular formula is C23H16N6S. The Labute approximate surface area is 175 Å². The van der Waals surface area contributed by atoms with Gasteiger partial charge in [0.05, 0.1) is 11.4 Å². The maximum atomic E-state index is 4.56. The summed E-state index contributed by atoms with van der Waals surface area (Å²) in [7, 11) is 0. The summed E-state index contributed by atoms with van der Waals surface area (Å²) < 4.78 is 0. The predicted molar refractivity (Wildman–Crippen MR) is 120 cm³/mol. The fourth-order valence-corrected chi connectivity index (χ4v) is 4.51. The van der Waals surface area contributed by atoms with Crippen molar-refractivity contribution in [1.29, 1.82) is 0 Å². The summed E-state index contributed by atoms with van der Waals surface area (Å²) in [6, 6.07) is 10.4. The van der Waals surface area contributed by atoms with Crippen LogP contribution in [0.4, 0.5) is 0 Å². The lowest BCUT2D eigenvalue weighted by Crippen LogP contribution is -1.87. The third-order valence-corrected chi connectivity index (χ3v) is 6.08. The quantitative estimate of drug-likeness (QED) is 0.399. The number of aromatic amines is 2. The van der Waals surface area contributed by atoms with Crippen LogP contribution in [0.25, 0.3) is 55.7 Å². The van der Waals surface area contributed by atoms with E-state index in [1.54, 1.807) is 17.5 Å². The predicted octanol–water partition coefficient (Wildman–Crippen LogP) is 5.60. The van der Waals surface area contributed by atoms with Gasteiger partial charge in [-0.3, -0.25) is 10.1 Å². The third-order valence-electron chi connectivity index (χ3n) is 5.39. The van der Waals surface area contributed by atoms with Crippen LogP contribution in [0.5, 0.6) is 0 Å². The Hall–Kier alpha value is -3.84. The summed E-state index contributed by atoms with van der Waals surface area (Å²) in [5.74, 6) is 0. The highest BCUT2D eigenvalue weighted by Gasteiger charge is 2.15. The van der Waals surface area contributed by atoms with Crippen LogP contribution in [0.3, 0.4) is 0 Å². The van der Waals surface area contributed by atoms with Gasteiger partial charge in [-0.05, 0) is 64.7 Å². The Morgan fingerprint density at radius 3 is 2.73 bits per heavy atom. The summed E-state index contributed by atoms with van der Waals surface area (Å²) >= 11 is 1.69. The lowest BCUT2D eigenvalue weighted by molar-refractivity contribution is 1.10. The molecule has 0 amide bonds. The number of nitrogens with zero attached hydrogens (tertiary/aromatic N) is 4. The molecule has 144 valence electrons. The Bertz CT molecular complexity index is 1510. The first-order valence-electron chi connectivity index (χ1n) is 9.54. The number of H-pyrrole nitrogens is 2. The van der Waals surface area contributed by atoms with E-state index in [0.717, 1.165) is 50.1 Å². The van der Waals surface area contributed by atoms with Crippen molar-refractivity contribution in [2.75, 3.05) is 0 Å². The van der Waals surface area contributed by atoms with Crippen LogP contribution >= 0.6 is 11.3 Å². The molecule has 0 radical (unpaired) electrons. The molecule has 0 aliphatic rings. The van der Waals surface area contributed by atoms with Crippen molar-refractivity contribution in [1.82, 2.24) is 30.1 Å². The van der Waals surface area contributed by atoms with E-state index in [-0.39, 0.29) is 0 Å². The van der Waals surface area contributed by atoms with E-state index in [1.165, 1.54) is 5.56 Å². The second-order valence-corrected chi connectivity index (χ2v) is 7.98. The van der Waals surface area contributed by atoms with Crippen LogP contribution in [0.2, 0.25) is 0 Å². The number of aromatic nitrogens is 6. The number of pyridine rings is 3. The highest BCUT2D eigenvalue weighted by atomic mass is 32.1. The van der Waals surface area contributed by atoms with Gasteiger partial charge in [0.25, 0.3) is 0 Å². The monoisotopic (exact) mass is 408 g/mol. The standard InChI is InChI=1S/C23H16N6S/c1-13-2-5-24-11-19(13)15-8-18-21(28-29-23(18)26-10-15)20-9-17-16(14-4-7-30-12-14)3-6-25-22(17)27-20/h2-12H,1H3,(H,25,27)(H,26,28,29). The van der Waals surface area contributed by atoms with E-state index < -0.39 is 0 Å². The molecule has 6 aromatic rings. The summed E-state index contributed by atoms with van der Waals surface area (Å²) in [4.78, 5) is 16.8. The number of nitrogens with one attached hydrogen (secondary N) is 2. The van der Waals surface area contributed by atoms with Crippen molar-refractivity contribution in [3.8, 4) is 33.6 Å². The average molecular weight is 408 g/mol. The summed E-state index contributed by atoms with van der Waals surface area (Å²) in [6.45, 7) is 2.08. The van der Waals surface area contributed by atoms with Crippen molar-refractivity contribution in [2.45, 2.75) is 6.92 Å². The second kappa shape index (κ2) is 6.60. The molecule has 0 aliphatic heterocycles.